The van der Waals surface area contributed by atoms with E-state index in [1.165, 1.54) is 22.5 Å². The predicted molar refractivity (Wildman–Crippen MR) is 136 cm³/mol. The SMILES string of the molecule is CCCC(=N)c1nc(-c2cc(S(=O)(=O)N3CC(NCCO[N+](=O)[O-])C3)ccc2OCC)[nH]c(=O)c1NC. The summed E-state index contributed by atoms with van der Waals surface area (Å²) < 4.78 is 33.5. The molecule has 0 radical (unpaired) electrons. The number of H-pyrrole nitrogens is 1. The van der Waals surface area contributed by atoms with Crippen molar-refractivity contribution >= 4 is 21.4 Å². The lowest BCUT2D eigenvalue weighted by atomic mass is 10.1. The highest BCUT2D eigenvalue weighted by molar-refractivity contribution is 7.89. The zero-order valence-corrected chi connectivity index (χ0v) is 21.7. The minimum atomic E-state index is -3.88. The van der Waals surface area contributed by atoms with Crippen molar-refractivity contribution in [1.29, 1.82) is 5.41 Å². The molecule has 202 valence electrons. The fourth-order valence-corrected chi connectivity index (χ4v) is 5.41. The van der Waals surface area contributed by atoms with Gasteiger partial charge in [-0.25, -0.2) is 13.4 Å². The lowest BCUT2D eigenvalue weighted by Gasteiger charge is -2.38. The van der Waals surface area contributed by atoms with Gasteiger partial charge in [-0.3, -0.25) is 4.79 Å². The molecule has 15 heteroatoms. The van der Waals surface area contributed by atoms with E-state index in [9.17, 15) is 23.3 Å². The molecule has 0 aliphatic carbocycles. The Bertz CT molecular complexity index is 1310. The second kappa shape index (κ2) is 12.1. The molecule has 0 atom stereocenters. The molecule has 2 aromatic rings. The van der Waals surface area contributed by atoms with Crippen LogP contribution in [0.15, 0.2) is 27.9 Å². The number of ether oxygens (including phenoxy) is 1. The predicted octanol–water partition coefficient (Wildman–Crippen LogP) is 1.22. The van der Waals surface area contributed by atoms with Crippen molar-refractivity contribution in [2.45, 2.75) is 37.6 Å². The molecule has 2 heterocycles. The highest BCUT2D eigenvalue weighted by Crippen LogP contribution is 2.33. The van der Waals surface area contributed by atoms with Crippen LogP contribution in [-0.4, -0.2) is 79.4 Å². The van der Waals surface area contributed by atoms with Crippen LogP contribution in [0.25, 0.3) is 11.4 Å². The molecule has 0 unspecified atom stereocenters. The van der Waals surface area contributed by atoms with Gasteiger partial charge in [0.05, 0.1) is 22.8 Å². The van der Waals surface area contributed by atoms with Crippen LogP contribution in [0.5, 0.6) is 5.75 Å². The smallest absolute Gasteiger partial charge is 0.294 e. The topological polar surface area (TPSA) is 193 Å². The van der Waals surface area contributed by atoms with Crippen LogP contribution >= 0.6 is 0 Å². The standard InChI is InChI=1S/C22H31N7O7S/c1-4-6-17(23)19-20(24-3)22(30)27-21(26-19)16-11-15(7-8-18(16)35-5-2)37(33,34)28-12-14(13-28)25-9-10-36-29(31)32/h7-8,11,14,23-25H,4-6,9-10,12-13H2,1-3H3,(H,26,27,30). The zero-order valence-electron chi connectivity index (χ0n) is 20.9. The van der Waals surface area contributed by atoms with Crippen molar-refractivity contribution in [1.82, 2.24) is 19.6 Å². The van der Waals surface area contributed by atoms with Crippen LogP contribution in [-0.2, 0) is 14.9 Å². The average molecular weight is 538 g/mol. The Hall–Kier alpha value is -3.56. The molecule has 1 aliphatic heterocycles. The number of nitrogens with zero attached hydrogens (tertiary/aromatic N) is 3. The fraction of sp³-hybridized carbons (Fsp3) is 0.500. The highest BCUT2D eigenvalue weighted by atomic mass is 32.2. The van der Waals surface area contributed by atoms with Crippen LogP contribution in [0.1, 0.15) is 32.4 Å². The van der Waals surface area contributed by atoms with E-state index in [0.717, 1.165) is 0 Å². The molecule has 3 rings (SSSR count). The van der Waals surface area contributed by atoms with E-state index in [4.69, 9.17) is 10.1 Å². The van der Waals surface area contributed by atoms with Crippen LogP contribution in [0, 0.1) is 15.5 Å². The molecule has 0 amide bonds. The minimum absolute atomic E-state index is 0.00776. The molecule has 1 aromatic heterocycles. The van der Waals surface area contributed by atoms with Crippen molar-refractivity contribution in [3.8, 4) is 17.1 Å². The summed E-state index contributed by atoms with van der Waals surface area (Å²) in [6, 6.07) is 4.18. The Balaban J connectivity index is 1.91. The maximum Gasteiger partial charge on any atom is 0.294 e. The quantitative estimate of drug-likeness (QED) is 0.118. The first kappa shape index (κ1) is 28.0. The van der Waals surface area contributed by atoms with Crippen molar-refractivity contribution in [3.05, 3.63) is 44.4 Å². The molecule has 1 fully saturated rings. The molecule has 0 bridgehead atoms. The van der Waals surface area contributed by atoms with Gasteiger partial charge in [-0.15, -0.1) is 10.1 Å². The Morgan fingerprint density at radius 1 is 1.35 bits per heavy atom. The Kier molecular flexibility index (Phi) is 9.18. The monoisotopic (exact) mass is 537 g/mol. The summed E-state index contributed by atoms with van der Waals surface area (Å²) >= 11 is 0. The van der Waals surface area contributed by atoms with E-state index in [2.05, 4.69) is 25.4 Å². The maximum absolute atomic E-state index is 13.3. The summed E-state index contributed by atoms with van der Waals surface area (Å²) in [6.07, 6.45) is 1.11. The summed E-state index contributed by atoms with van der Waals surface area (Å²) in [6.45, 7) is 4.45. The fourth-order valence-electron chi connectivity index (χ4n) is 3.85. The second-order valence-electron chi connectivity index (χ2n) is 8.24. The summed E-state index contributed by atoms with van der Waals surface area (Å²) in [7, 11) is -2.31. The number of sulfonamides is 1. The third kappa shape index (κ3) is 6.42. The normalized spacial score (nSPS) is 14.1. The number of benzene rings is 1. The lowest BCUT2D eigenvalue weighted by Crippen LogP contribution is -2.60. The molecule has 1 aliphatic rings. The van der Waals surface area contributed by atoms with E-state index in [1.54, 1.807) is 14.0 Å². The van der Waals surface area contributed by atoms with Crippen molar-refractivity contribution < 1.29 is 23.1 Å². The minimum Gasteiger partial charge on any atom is -0.493 e. The summed E-state index contributed by atoms with van der Waals surface area (Å²) in [5, 5.41) is 23.5. The highest BCUT2D eigenvalue weighted by Gasteiger charge is 2.37. The molecule has 37 heavy (non-hydrogen) atoms. The second-order valence-corrected chi connectivity index (χ2v) is 10.2. The average Bonchev–Trinajstić information content (AvgIpc) is 2.82. The summed E-state index contributed by atoms with van der Waals surface area (Å²) in [4.78, 5) is 34.4. The number of nitrogens with one attached hydrogen (secondary N) is 4. The van der Waals surface area contributed by atoms with Crippen LogP contribution in [0.4, 0.5) is 5.69 Å². The third-order valence-corrected chi connectivity index (χ3v) is 7.51. The number of hydrogen-bond donors (Lipinski definition) is 4. The van der Waals surface area contributed by atoms with Crippen LogP contribution < -0.4 is 20.9 Å². The zero-order chi connectivity index (χ0) is 27.2. The largest absolute Gasteiger partial charge is 0.493 e. The third-order valence-electron chi connectivity index (χ3n) is 5.68. The summed E-state index contributed by atoms with van der Waals surface area (Å²) in [5.74, 6) is 0.429. The molecular formula is C22H31N7O7S. The molecule has 0 saturated carbocycles. The first-order valence-electron chi connectivity index (χ1n) is 11.8. The Morgan fingerprint density at radius 3 is 2.70 bits per heavy atom. The molecule has 1 saturated heterocycles. The van der Waals surface area contributed by atoms with Gasteiger partial charge in [-0.2, -0.15) is 4.31 Å². The van der Waals surface area contributed by atoms with Gasteiger partial charge in [0.15, 0.2) is 0 Å². The van der Waals surface area contributed by atoms with Gasteiger partial charge >= 0.3 is 0 Å². The Morgan fingerprint density at radius 2 is 2.08 bits per heavy atom. The van der Waals surface area contributed by atoms with E-state index in [1.807, 2.05) is 6.92 Å². The Labute approximate surface area is 214 Å². The van der Waals surface area contributed by atoms with Gasteiger partial charge in [0.1, 0.15) is 29.6 Å². The number of anilines is 1. The van der Waals surface area contributed by atoms with Crippen LogP contribution in [0.2, 0.25) is 0 Å². The molecule has 0 spiro atoms. The van der Waals surface area contributed by atoms with E-state index < -0.39 is 20.7 Å². The van der Waals surface area contributed by atoms with Gasteiger partial charge in [-0.05, 0) is 31.5 Å². The number of rotatable bonds is 14. The van der Waals surface area contributed by atoms with Crippen molar-refractivity contribution in [2.24, 2.45) is 0 Å². The summed E-state index contributed by atoms with van der Waals surface area (Å²) in [5.41, 5.74) is 0.323. The van der Waals surface area contributed by atoms with Gasteiger partial charge in [0, 0.05) is 32.7 Å². The number of aromatic amines is 1. The first-order chi connectivity index (χ1) is 17.6. The molecule has 4 N–H and O–H groups in total. The van der Waals surface area contributed by atoms with Gasteiger partial charge in [0.2, 0.25) is 10.0 Å². The van der Waals surface area contributed by atoms with Gasteiger partial charge < -0.3 is 30.6 Å². The van der Waals surface area contributed by atoms with E-state index in [-0.39, 0.29) is 65.7 Å². The molecule has 14 nitrogen and oxygen atoms in total. The number of aromatic nitrogens is 2. The van der Waals surface area contributed by atoms with Gasteiger partial charge in [-0.1, -0.05) is 13.3 Å². The molecule has 1 aromatic carbocycles. The first-order valence-corrected chi connectivity index (χ1v) is 13.2. The van der Waals surface area contributed by atoms with Crippen molar-refractivity contribution in [3.63, 3.8) is 0 Å². The number of hydrogen-bond acceptors (Lipinski definition) is 11. The van der Waals surface area contributed by atoms with E-state index >= 15 is 0 Å². The van der Waals surface area contributed by atoms with Crippen molar-refractivity contribution in [2.75, 3.05) is 45.2 Å². The van der Waals surface area contributed by atoms with Crippen LogP contribution in [0.3, 0.4) is 0 Å². The van der Waals surface area contributed by atoms with E-state index in [0.29, 0.717) is 25.2 Å². The maximum atomic E-state index is 13.3. The van der Waals surface area contributed by atoms with Gasteiger partial charge in [0.25, 0.3) is 10.6 Å². The lowest BCUT2D eigenvalue weighted by molar-refractivity contribution is -0.757. The molecular weight excluding hydrogens is 506 g/mol.